The molecular weight excluding hydrogens is 338 g/mol. The Morgan fingerprint density at radius 3 is 2.76 bits per heavy atom. The number of methoxy groups -OCH3 is 1. The van der Waals surface area contributed by atoms with Crippen molar-refractivity contribution in [1.82, 2.24) is 4.98 Å². The van der Waals surface area contributed by atoms with Crippen molar-refractivity contribution in [3.05, 3.63) is 51.8 Å². The van der Waals surface area contributed by atoms with E-state index in [-0.39, 0.29) is 5.69 Å². The molecule has 0 aliphatic carbocycles. The molecule has 2 rings (SSSR count). The lowest BCUT2D eigenvalue weighted by atomic mass is 10.2. The number of halogens is 1. The molecule has 106 valence electrons. The normalized spacial score (nSPS) is 9.76. The number of aromatic amines is 1. The molecule has 0 aliphatic heterocycles. The van der Waals surface area contributed by atoms with Crippen LogP contribution in [0.15, 0.2) is 34.9 Å². The minimum Gasteiger partial charge on any atom is -0.465 e. The molecule has 1 aromatic carbocycles. The van der Waals surface area contributed by atoms with Crippen LogP contribution in [0.4, 0.5) is 5.69 Å². The smallest absolute Gasteiger partial charge is 0.339 e. The molecule has 0 spiro atoms. The summed E-state index contributed by atoms with van der Waals surface area (Å²) in [7, 11) is 1.28. The number of nitrogens with one attached hydrogen (secondary N) is 2. The minimum absolute atomic E-state index is 0.258. The van der Waals surface area contributed by atoms with Crippen LogP contribution in [-0.2, 0) is 4.74 Å². The fraction of sp³-hybridized carbons (Fsp3) is 0.0714. The number of hydrogen-bond donors (Lipinski definition) is 2. The van der Waals surface area contributed by atoms with Gasteiger partial charge in [0.1, 0.15) is 11.8 Å². The summed E-state index contributed by atoms with van der Waals surface area (Å²) >= 11 is 3.24. The van der Waals surface area contributed by atoms with Crippen molar-refractivity contribution in [3.63, 3.8) is 0 Å². The first kappa shape index (κ1) is 14.8. The monoisotopic (exact) mass is 347 g/mol. The number of carbonyl (C=O) groups excluding carboxylic acids is 2. The van der Waals surface area contributed by atoms with E-state index in [2.05, 4.69) is 31.0 Å². The van der Waals surface area contributed by atoms with Crippen LogP contribution < -0.4 is 5.32 Å². The zero-order chi connectivity index (χ0) is 15.4. The van der Waals surface area contributed by atoms with E-state index in [0.29, 0.717) is 21.3 Å². The van der Waals surface area contributed by atoms with Crippen molar-refractivity contribution in [2.45, 2.75) is 0 Å². The fourth-order valence-corrected chi connectivity index (χ4v) is 2.07. The molecule has 0 fully saturated rings. The van der Waals surface area contributed by atoms with E-state index in [4.69, 9.17) is 5.26 Å². The Morgan fingerprint density at radius 1 is 1.38 bits per heavy atom. The summed E-state index contributed by atoms with van der Waals surface area (Å²) in [5.74, 6) is -0.917. The molecule has 2 N–H and O–H groups in total. The molecule has 1 heterocycles. The average Bonchev–Trinajstić information content (AvgIpc) is 2.97. The van der Waals surface area contributed by atoms with Crippen molar-refractivity contribution >= 4 is 33.5 Å². The number of rotatable bonds is 3. The van der Waals surface area contributed by atoms with Crippen LogP contribution in [0.1, 0.15) is 26.4 Å². The highest BCUT2D eigenvalue weighted by Gasteiger charge is 2.13. The molecule has 0 radical (unpaired) electrons. The van der Waals surface area contributed by atoms with Gasteiger partial charge < -0.3 is 15.0 Å². The van der Waals surface area contributed by atoms with Crippen LogP contribution in [0.2, 0.25) is 0 Å². The molecule has 0 atom stereocenters. The maximum Gasteiger partial charge on any atom is 0.339 e. The Labute approximate surface area is 128 Å². The summed E-state index contributed by atoms with van der Waals surface area (Å²) in [5, 5.41) is 11.4. The van der Waals surface area contributed by atoms with Crippen molar-refractivity contribution in [3.8, 4) is 6.07 Å². The van der Waals surface area contributed by atoms with Crippen LogP contribution in [-0.4, -0.2) is 24.0 Å². The third-order valence-electron chi connectivity index (χ3n) is 2.69. The second kappa shape index (κ2) is 6.24. The zero-order valence-electron chi connectivity index (χ0n) is 10.9. The fourth-order valence-electron chi connectivity index (χ4n) is 1.66. The Balaban J connectivity index is 2.22. The SMILES string of the molecule is COC(=O)c1cc(NC(=O)c2cc(C#N)c[nH]2)ccc1Br. The van der Waals surface area contributed by atoms with Crippen LogP contribution in [0.3, 0.4) is 0 Å². The molecule has 0 bridgehead atoms. The first-order valence-electron chi connectivity index (χ1n) is 5.83. The molecule has 7 heteroatoms. The molecule has 0 saturated heterocycles. The van der Waals surface area contributed by atoms with Crippen LogP contribution >= 0.6 is 15.9 Å². The lowest BCUT2D eigenvalue weighted by Gasteiger charge is -2.07. The molecule has 0 aliphatic rings. The number of carbonyl (C=O) groups is 2. The van der Waals surface area contributed by atoms with Gasteiger partial charge in [-0.25, -0.2) is 4.79 Å². The number of nitriles is 1. The molecule has 1 amide bonds. The third kappa shape index (κ3) is 3.30. The molecule has 21 heavy (non-hydrogen) atoms. The quantitative estimate of drug-likeness (QED) is 0.834. The largest absolute Gasteiger partial charge is 0.465 e. The van der Waals surface area contributed by atoms with Gasteiger partial charge in [0.25, 0.3) is 5.91 Å². The maximum absolute atomic E-state index is 12.0. The summed E-state index contributed by atoms with van der Waals surface area (Å²) in [6.07, 6.45) is 1.44. The lowest BCUT2D eigenvalue weighted by molar-refractivity contribution is 0.0599. The van der Waals surface area contributed by atoms with Gasteiger partial charge in [0, 0.05) is 16.4 Å². The number of esters is 1. The second-order valence-corrected chi connectivity index (χ2v) is 4.91. The van der Waals surface area contributed by atoms with Crippen molar-refractivity contribution in [1.29, 1.82) is 5.26 Å². The summed E-state index contributed by atoms with van der Waals surface area (Å²) < 4.78 is 5.22. The zero-order valence-corrected chi connectivity index (χ0v) is 12.5. The number of benzene rings is 1. The Hall–Kier alpha value is -2.59. The Kier molecular flexibility index (Phi) is 4.40. The van der Waals surface area contributed by atoms with Crippen LogP contribution in [0.25, 0.3) is 0 Å². The summed E-state index contributed by atoms with van der Waals surface area (Å²) in [4.78, 5) is 26.3. The van der Waals surface area contributed by atoms with E-state index < -0.39 is 11.9 Å². The highest BCUT2D eigenvalue weighted by Crippen LogP contribution is 2.22. The summed E-state index contributed by atoms with van der Waals surface area (Å²) in [6.45, 7) is 0. The van der Waals surface area contributed by atoms with E-state index in [1.165, 1.54) is 25.4 Å². The predicted octanol–water partition coefficient (Wildman–Crippen LogP) is 2.69. The van der Waals surface area contributed by atoms with Gasteiger partial charge in [-0.1, -0.05) is 0 Å². The second-order valence-electron chi connectivity index (χ2n) is 4.05. The van der Waals surface area contributed by atoms with Crippen molar-refractivity contribution < 1.29 is 14.3 Å². The van der Waals surface area contributed by atoms with Gasteiger partial charge in [-0.15, -0.1) is 0 Å². The number of ether oxygens (including phenoxy) is 1. The van der Waals surface area contributed by atoms with Gasteiger partial charge >= 0.3 is 5.97 Å². The highest BCUT2D eigenvalue weighted by molar-refractivity contribution is 9.10. The van der Waals surface area contributed by atoms with Crippen LogP contribution in [0.5, 0.6) is 0 Å². The van der Waals surface area contributed by atoms with Crippen molar-refractivity contribution in [2.75, 3.05) is 12.4 Å². The number of anilines is 1. The number of nitrogens with zero attached hydrogens (tertiary/aromatic N) is 1. The van der Waals surface area contributed by atoms with Gasteiger partial charge in [-0.2, -0.15) is 5.26 Å². The molecule has 6 nitrogen and oxygen atoms in total. The molecule has 0 unspecified atom stereocenters. The van der Waals surface area contributed by atoms with Crippen LogP contribution in [0, 0.1) is 11.3 Å². The first-order chi connectivity index (χ1) is 10.0. The summed E-state index contributed by atoms with van der Waals surface area (Å²) in [5.41, 5.74) is 1.37. The minimum atomic E-state index is -0.510. The molecule has 2 aromatic rings. The molecule has 0 saturated carbocycles. The standard InChI is InChI=1S/C14H10BrN3O3/c1-21-14(20)10-5-9(2-3-11(10)15)18-13(19)12-4-8(6-16)7-17-12/h2-5,7,17H,1H3,(H,18,19). The van der Waals surface area contributed by atoms with Crippen molar-refractivity contribution in [2.24, 2.45) is 0 Å². The lowest BCUT2D eigenvalue weighted by Crippen LogP contribution is -2.13. The third-order valence-corrected chi connectivity index (χ3v) is 3.38. The number of H-pyrrole nitrogens is 1. The van der Waals surface area contributed by atoms with E-state index in [1.807, 2.05) is 6.07 Å². The van der Waals surface area contributed by atoms with Gasteiger partial charge in [0.2, 0.25) is 0 Å². The summed E-state index contributed by atoms with van der Waals surface area (Å²) in [6, 6.07) is 8.15. The van der Waals surface area contributed by atoms with E-state index in [1.54, 1.807) is 12.1 Å². The predicted molar refractivity (Wildman–Crippen MR) is 78.9 cm³/mol. The Bertz CT molecular complexity index is 746. The number of amides is 1. The first-order valence-corrected chi connectivity index (χ1v) is 6.62. The van der Waals surface area contributed by atoms with E-state index in [9.17, 15) is 9.59 Å². The van der Waals surface area contributed by atoms with E-state index >= 15 is 0 Å². The van der Waals surface area contributed by atoms with Gasteiger partial charge in [-0.3, -0.25) is 4.79 Å². The van der Waals surface area contributed by atoms with E-state index in [0.717, 1.165) is 0 Å². The number of aromatic nitrogens is 1. The highest BCUT2D eigenvalue weighted by atomic mass is 79.9. The van der Waals surface area contributed by atoms with Gasteiger partial charge in [0.15, 0.2) is 0 Å². The topological polar surface area (TPSA) is 95.0 Å². The van der Waals surface area contributed by atoms with Gasteiger partial charge in [-0.05, 0) is 40.2 Å². The number of hydrogen-bond acceptors (Lipinski definition) is 4. The average molecular weight is 348 g/mol. The maximum atomic E-state index is 12.0. The van der Waals surface area contributed by atoms with Gasteiger partial charge in [0.05, 0.1) is 18.2 Å². The molecular formula is C14H10BrN3O3. The Morgan fingerprint density at radius 2 is 2.14 bits per heavy atom. The molecule has 1 aromatic heterocycles.